The molecule has 2 fully saturated rings. The first-order valence-corrected chi connectivity index (χ1v) is 11.5. The van der Waals surface area contributed by atoms with Crippen molar-refractivity contribution in [3.63, 3.8) is 0 Å². The molecule has 3 atom stereocenters. The van der Waals surface area contributed by atoms with Crippen molar-refractivity contribution < 1.29 is 18.8 Å². The van der Waals surface area contributed by atoms with Gasteiger partial charge in [-0.2, -0.15) is 5.10 Å². The van der Waals surface area contributed by atoms with Gasteiger partial charge in [-0.1, -0.05) is 35.9 Å². The molecular formula is C24H23ClFN5O3. The molecule has 1 saturated carbocycles. The summed E-state index contributed by atoms with van der Waals surface area (Å²) in [5.74, 6) is -1.58. The van der Waals surface area contributed by atoms with Crippen molar-refractivity contribution in [2.24, 2.45) is 11.7 Å². The van der Waals surface area contributed by atoms with E-state index in [9.17, 15) is 18.8 Å². The van der Waals surface area contributed by atoms with E-state index in [1.165, 1.54) is 16.8 Å². The molecule has 3 amide bonds. The molecule has 0 spiro atoms. The number of nitrogens with one attached hydrogen (secondary N) is 1. The summed E-state index contributed by atoms with van der Waals surface area (Å²) < 4.78 is 14.9. The van der Waals surface area contributed by atoms with Gasteiger partial charge in [0.05, 0.1) is 10.5 Å². The minimum absolute atomic E-state index is 0.00838. The fraction of sp³-hybridized carbons (Fsp3) is 0.333. The van der Waals surface area contributed by atoms with E-state index in [0.717, 1.165) is 19.3 Å². The molecule has 34 heavy (non-hydrogen) atoms. The Kier molecular flexibility index (Phi) is 5.73. The Balaban J connectivity index is 1.34. The van der Waals surface area contributed by atoms with Crippen molar-refractivity contribution in [1.82, 2.24) is 20.0 Å². The number of piperidine rings is 1. The second-order valence-corrected chi connectivity index (χ2v) is 9.23. The SMILES string of the molecule is NC(=O)c1nn(CC(=O)N2[C@@H]3CC[C@@H](C3)[C@H]2C(=O)NCc2ccc(F)c(Cl)c2)c2ccccc12. The second kappa shape index (κ2) is 8.72. The monoisotopic (exact) mass is 483 g/mol. The van der Waals surface area contributed by atoms with Gasteiger partial charge < -0.3 is 16.0 Å². The maximum Gasteiger partial charge on any atom is 0.269 e. The van der Waals surface area contributed by atoms with Crippen molar-refractivity contribution in [3.8, 4) is 0 Å². The van der Waals surface area contributed by atoms with Crippen LogP contribution in [0.1, 0.15) is 35.3 Å². The molecule has 5 rings (SSSR count). The molecule has 8 nitrogen and oxygen atoms in total. The molecule has 0 radical (unpaired) electrons. The average Bonchev–Trinajstić information content (AvgIpc) is 3.53. The number of benzene rings is 2. The van der Waals surface area contributed by atoms with Crippen molar-refractivity contribution in [2.75, 3.05) is 0 Å². The van der Waals surface area contributed by atoms with Gasteiger partial charge in [-0.25, -0.2) is 4.39 Å². The number of hydrogen-bond donors (Lipinski definition) is 2. The highest BCUT2D eigenvalue weighted by molar-refractivity contribution is 6.30. The predicted molar refractivity (Wildman–Crippen MR) is 123 cm³/mol. The van der Waals surface area contributed by atoms with Gasteiger partial charge >= 0.3 is 0 Å². The Morgan fingerprint density at radius 2 is 1.97 bits per heavy atom. The number of carbonyl (C=O) groups excluding carboxylic acids is 3. The zero-order valence-corrected chi connectivity index (χ0v) is 19.0. The summed E-state index contributed by atoms with van der Waals surface area (Å²) in [7, 11) is 0. The molecule has 176 valence electrons. The fourth-order valence-corrected chi connectivity index (χ4v) is 5.47. The highest BCUT2D eigenvalue weighted by Gasteiger charge is 2.51. The number of nitrogens with two attached hydrogens (primary N) is 1. The van der Waals surface area contributed by atoms with Crippen LogP contribution in [0.4, 0.5) is 4.39 Å². The summed E-state index contributed by atoms with van der Waals surface area (Å²) in [5, 5.41) is 7.72. The average molecular weight is 484 g/mol. The number of nitrogens with zero attached hydrogens (tertiary/aromatic N) is 3. The Hall–Kier alpha value is -3.46. The van der Waals surface area contributed by atoms with E-state index in [1.54, 1.807) is 35.2 Å². The van der Waals surface area contributed by atoms with Gasteiger partial charge in [0.25, 0.3) is 5.91 Å². The Morgan fingerprint density at radius 3 is 2.74 bits per heavy atom. The molecule has 10 heteroatoms. The zero-order chi connectivity index (χ0) is 24.0. The minimum Gasteiger partial charge on any atom is -0.364 e. The van der Waals surface area contributed by atoms with E-state index in [-0.39, 0.29) is 47.6 Å². The number of carbonyl (C=O) groups is 3. The van der Waals surface area contributed by atoms with E-state index in [2.05, 4.69) is 10.4 Å². The molecule has 2 bridgehead atoms. The summed E-state index contributed by atoms with van der Waals surface area (Å²) in [4.78, 5) is 40.0. The number of amides is 3. The summed E-state index contributed by atoms with van der Waals surface area (Å²) in [5.41, 5.74) is 6.87. The van der Waals surface area contributed by atoms with Gasteiger partial charge in [-0.15, -0.1) is 0 Å². The van der Waals surface area contributed by atoms with Crippen molar-refractivity contribution in [2.45, 2.75) is 44.4 Å². The first-order chi connectivity index (χ1) is 16.3. The third-order valence-electron chi connectivity index (χ3n) is 6.77. The van der Waals surface area contributed by atoms with E-state index in [4.69, 9.17) is 17.3 Å². The highest BCUT2D eigenvalue weighted by Crippen LogP contribution is 2.42. The molecule has 1 saturated heterocycles. The quantitative estimate of drug-likeness (QED) is 0.561. The molecule has 2 aromatic carbocycles. The third-order valence-corrected chi connectivity index (χ3v) is 7.06. The highest BCUT2D eigenvalue weighted by atomic mass is 35.5. The number of halogens is 2. The molecule has 2 aliphatic rings. The van der Waals surface area contributed by atoms with Gasteiger partial charge in [0.1, 0.15) is 18.4 Å². The normalized spacial score (nSPS) is 21.2. The van der Waals surface area contributed by atoms with E-state index < -0.39 is 17.8 Å². The van der Waals surface area contributed by atoms with Crippen LogP contribution in [0.25, 0.3) is 10.9 Å². The van der Waals surface area contributed by atoms with E-state index in [1.807, 2.05) is 0 Å². The molecule has 0 unspecified atom stereocenters. The lowest BCUT2D eigenvalue weighted by Crippen LogP contribution is -2.53. The molecular weight excluding hydrogens is 461 g/mol. The van der Waals surface area contributed by atoms with Crippen LogP contribution in [0.5, 0.6) is 0 Å². The number of primary amides is 1. The van der Waals surface area contributed by atoms with Crippen LogP contribution in [0.3, 0.4) is 0 Å². The van der Waals surface area contributed by atoms with Crippen LogP contribution in [0, 0.1) is 11.7 Å². The second-order valence-electron chi connectivity index (χ2n) is 8.83. The molecule has 3 aromatic rings. The third kappa shape index (κ3) is 3.90. The summed E-state index contributed by atoms with van der Waals surface area (Å²) in [6.45, 7) is 0.0783. The van der Waals surface area contributed by atoms with Crippen molar-refractivity contribution in [1.29, 1.82) is 0 Å². The summed E-state index contributed by atoms with van der Waals surface area (Å²) in [6.07, 6.45) is 2.50. The summed E-state index contributed by atoms with van der Waals surface area (Å²) >= 11 is 5.83. The number of para-hydroxylation sites is 1. The topological polar surface area (TPSA) is 110 Å². The van der Waals surface area contributed by atoms with Crippen LogP contribution < -0.4 is 11.1 Å². The van der Waals surface area contributed by atoms with E-state index in [0.29, 0.717) is 16.5 Å². The van der Waals surface area contributed by atoms with Crippen LogP contribution >= 0.6 is 11.6 Å². The van der Waals surface area contributed by atoms with Gasteiger partial charge in [0.2, 0.25) is 11.8 Å². The number of rotatable bonds is 6. The number of aromatic nitrogens is 2. The minimum atomic E-state index is -0.666. The molecule has 1 aliphatic heterocycles. The van der Waals surface area contributed by atoms with Gasteiger partial charge in [-0.3, -0.25) is 19.1 Å². The number of fused-ring (bicyclic) bond motifs is 3. The maximum absolute atomic E-state index is 13.4. The van der Waals surface area contributed by atoms with Crippen LogP contribution in [0.15, 0.2) is 42.5 Å². The first kappa shape index (κ1) is 22.3. The Bertz CT molecular complexity index is 1310. The van der Waals surface area contributed by atoms with Crippen LogP contribution in [-0.2, 0) is 22.7 Å². The van der Waals surface area contributed by atoms with Gasteiger partial charge in [-0.05, 0) is 48.9 Å². The number of likely N-dealkylation sites (tertiary alicyclic amines) is 1. The van der Waals surface area contributed by atoms with Gasteiger partial charge in [0.15, 0.2) is 5.69 Å². The zero-order valence-electron chi connectivity index (χ0n) is 18.2. The maximum atomic E-state index is 13.4. The fourth-order valence-electron chi connectivity index (χ4n) is 5.27. The lowest BCUT2D eigenvalue weighted by Gasteiger charge is -2.34. The Labute approximate surface area is 199 Å². The largest absolute Gasteiger partial charge is 0.364 e. The molecule has 1 aromatic heterocycles. The molecule has 1 aliphatic carbocycles. The van der Waals surface area contributed by atoms with E-state index >= 15 is 0 Å². The van der Waals surface area contributed by atoms with Crippen molar-refractivity contribution >= 4 is 40.2 Å². The number of hydrogen-bond acceptors (Lipinski definition) is 4. The Morgan fingerprint density at radius 1 is 1.18 bits per heavy atom. The smallest absolute Gasteiger partial charge is 0.269 e. The lowest BCUT2D eigenvalue weighted by atomic mass is 9.97. The lowest BCUT2D eigenvalue weighted by molar-refractivity contribution is -0.143. The molecule has 3 N–H and O–H groups in total. The molecule has 2 heterocycles. The standard InChI is InChI=1S/C24H23ClFN5O3/c25-17-9-13(5-8-18(17)26)11-28-24(34)22-14-6-7-15(10-14)31(22)20(32)12-30-19-4-2-1-3-16(19)21(29-30)23(27)33/h1-5,8-9,14-15,22H,6-7,10-12H2,(H2,27,33)(H,28,34)/t14-,15+,22-/m0/s1. The predicted octanol–water partition coefficient (Wildman–Crippen LogP) is 2.62. The van der Waals surface area contributed by atoms with Crippen LogP contribution in [-0.4, -0.2) is 44.5 Å². The van der Waals surface area contributed by atoms with Crippen LogP contribution in [0.2, 0.25) is 5.02 Å². The van der Waals surface area contributed by atoms with Gasteiger partial charge in [0, 0.05) is 18.0 Å². The summed E-state index contributed by atoms with van der Waals surface area (Å²) in [6, 6.07) is 10.8. The first-order valence-electron chi connectivity index (χ1n) is 11.1. The van der Waals surface area contributed by atoms with Crippen molar-refractivity contribution in [3.05, 3.63) is 64.6 Å².